The van der Waals surface area contributed by atoms with Crippen LogP contribution >= 0.6 is 0 Å². The zero-order chi connectivity index (χ0) is 14.6. The Bertz CT molecular complexity index is 567. The summed E-state index contributed by atoms with van der Waals surface area (Å²) in [6, 6.07) is 14.5. The fourth-order valence-electron chi connectivity index (χ4n) is 1.85. The summed E-state index contributed by atoms with van der Waals surface area (Å²) in [5, 5.41) is 0. The number of nitrogens with two attached hydrogens (primary N) is 1. The lowest BCUT2D eigenvalue weighted by atomic mass is 10.0. The van der Waals surface area contributed by atoms with Gasteiger partial charge in [0, 0.05) is 12.1 Å². The summed E-state index contributed by atoms with van der Waals surface area (Å²) < 4.78 is 41.3. The molecule has 0 saturated heterocycles. The normalized spacial score (nSPS) is 11.4. The van der Waals surface area contributed by atoms with Crippen LogP contribution in [0.25, 0.3) is 11.1 Å². The molecule has 0 aromatic heterocycles. The minimum absolute atomic E-state index is 0.119. The number of hydrogen-bond donors (Lipinski definition) is 1. The molecular weight excluding hydrogens is 267 g/mol. The molecule has 0 atom stereocenters. The molecule has 0 aliphatic rings. The first kappa shape index (κ1) is 14.4. The molecule has 20 heavy (non-hydrogen) atoms. The van der Waals surface area contributed by atoms with Crippen LogP contribution in [0.5, 0.6) is 5.75 Å². The van der Waals surface area contributed by atoms with Crippen LogP contribution in [-0.4, -0.2) is 12.8 Å². The van der Waals surface area contributed by atoms with Gasteiger partial charge < -0.3 is 10.5 Å². The van der Waals surface area contributed by atoms with Gasteiger partial charge in [0.15, 0.2) is 6.61 Å². The van der Waals surface area contributed by atoms with Gasteiger partial charge in [-0.05, 0) is 23.3 Å². The molecule has 0 radical (unpaired) electrons. The summed E-state index contributed by atoms with van der Waals surface area (Å²) in [6.07, 6.45) is -4.36. The van der Waals surface area contributed by atoms with Crippen LogP contribution in [0, 0.1) is 0 Å². The average Bonchev–Trinajstić information content (AvgIpc) is 2.45. The first-order valence-electron chi connectivity index (χ1n) is 6.07. The van der Waals surface area contributed by atoms with Crippen LogP contribution in [0.1, 0.15) is 5.56 Å². The third-order valence-electron chi connectivity index (χ3n) is 2.78. The minimum Gasteiger partial charge on any atom is -0.484 e. The van der Waals surface area contributed by atoms with Gasteiger partial charge in [-0.15, -0.1) is 0 Å². The van der Waals surface area contributed by atoms with Crippen LogP contribution in [0.4, 0.5) is 13.2 Å². The van der Waals surface area contributed by atoms with E-state index >= 15 is 0 Å². The Hall–Kier alpha value is -2.01. The van der Waals surface area contributed by atoms with Crippen molar-refractivity contribution in [3.8, 4) is 16.9 Å². The summed E-state index contributed by atoms with van der Waals surface area (Å²) >= 11 is 0. The summed E-state index contributed by atoms with van der Waals surface area (Å²) in [7, 11) is 0. The lowest BCUT2D eigenvalue weighted by Gasteiger charge is -2.13. The topological polar surface area (TPSA) is 35.2 Å². The van der Waals surface area contributed by atoms with Crippen molar-refractivity contribution in [2.45, 2.75) is 12.7 Å². The molecular formula is C15H14F3NO. The lowest BCUT2D eigenvalue weighted by molar-refractivity contribution is -0.153. The Kier molecular flexibility index (Phi) is 4.29. The van der Waals surface area contributed by atoms with E-state index in [1.54, 1.807) is 12.1 Å². The highest BCUT2D eigenvalue weighted by atomic mass is 19.4. The molecule has 2 aromatic carbocycles. The maximum absolute atomic E-state index is 12.2. The Morgan fingerprint density at radius 2 is 1.65 bits per heavy atom. The van der Waals surface area contributed by atoms with Crippen LogP contribution in [0.15, 0.2) is 48.5 Å². The largest absolute Gasteiger partial charge is 0.484 e. The zero-order valence-corrected chi connectivity index (χ0v) is 10.7. The molecule has 0 aliphatic carbocycles. The third-order valence-corrected chi connectivity index (χ3v) is 2.78. The fraction of sp³-hybridized carbons (Fsp3) is 0.200. The van der Waals surface area contributed by atoms with Crippen molar-refractivity contribution in [1.29, 1.82) is 0 Å². The van der Waals surface area contributed by atoms with Crippen molar-refractivity contribution in [3.05, 3.63) is 54.1 Å². The average molecular weight is 281 g/mol. The highest BCUT2D eigenvalue weighted by molar-refractivity contribution is 5.65. The van der Waals surface area contributed by atoms with Gasteiger partial charge in [0.1, 0.15) is 5.75 Å². The standard InChI is InChI=1S/C15H14F3NO/c16-15(17,18)10-20-14-7-6-12(8-13(14)9-19)11-4-2-1-3-5-11/h1-8H,9-10,19H2. The molecule has 0 heterocycles. The van der Waals surface area contributed by atoms with Crippen molar-refractivity contribution in [1.82, 2.24) is 0 Å². The van der Waals surface area contributed by atoms with E-state index in [2.05, 4.69) is 0 Å². The lowest BCUT2D eigenvalue weighted by Crippen LogP contribution is -2.20. The fourth-order valence-corrected chi connectivity index (χ4v) is 1.85. The van der Waals surface area contributed by atoms with Crippen LogP contribution < -0.4 is 10.5 Å². The Balaban J connectivity index is 2.24. The minimum atomic E-state index is -4.36. The van der Waals surface area contributed by atoms with Crippen molar-refractivity contribution in [3.63, 3.8) is 0 Å². The molecule has 0 spiro atoms. The summed E-state index contributed by atoms with van der Waals surface area (Å²) in [5.41, 5.74) is 8.00. The van der Waals surface area contributed by atoms with Crippen LogP contribution in [0.2, 0.25) is 0 Å². The summed E-state index contributed by atoms with van der Waals surface area (Å²) in [6.45, 7) is -1.20. The Labute approximate surface area is 115 Å². The van der Waals surface area contributed by atoms with E-state index in [0.717, 1.165) is 11.1 Å². The first-order chi connectivity index (χ1) is 9.49. The van der Waals surface area contributed by atoms with E-state index in [0.29, 0.717) is 5.56 Å². The van der Waals surface area contributed by atoms with Crippen LogP contribution in [0.3, 0.4) is 0 Å². The van der Waals surface area contributed by atoms with E-state index in [-0.39, 0.29) is 12.3 Å². The van der Waals surface area contributed by atoms with E-state index in [9.17, 15) is 13.2 Å². The number of benzene rings is 2. The predicted molar refractivity (Wildman–Crippen MR) is 71.3 cm³/mol. The van der Waals surface area contributed by atoms with Crippen LogP contribution in [-0.2, 0) is 6.54 Å². The molecule has 106 valence electrons. The summed E-state index contributed by atoms with van der Waals surface area (Å²) in [5.74, 6) is 0.171. The van der Waals surface area contributed by atoms with Gasteiger partial charge in [-0.25, -0.2) is 0 Å². The number of hydrogen-bond acceptors (Lipinski definition) is 2. The number of alkyl halides is 3. The highest BCUT2D eigenvalue weighted by Gasteiger charge is 2.28. The third kappa shape index (κ3) is 3.74. The van der Waals surface area contributed by atoms with Gasteiger partial charge in [-0.1, -0.05) is 36.4 Å². The monoisotopic (exact) mass is 281 g/mol. The zero-order valence-electron chi connectivity index (χ0n) is 10.7. The van der Waals surface area contributed by atoms with E-state index in [4.69, 9.17) is 10.5 Å². The van der Waals surface area contributed by atoms with Gasteiger partial charge >= 0.3 is 6.18 Å². The van der Waals surface area contributed by atoms with E-state index in [1.165, 1.54) is 6.07 Å². The molecule has 0 amide bonds. The first-order valence-corrected chi connectivity index (χ1v) is 6.07. The van der Waals surface area contributed by atoms with Crippen molar-refractivity contribution in [2.24, 2.45) is 5.73 Å². The van der Waals surface area contributed by atoms with E-state index < -0.39 is 12.8 Å². The molecule has 5 heteroatoms. The predicted octanol–water partition coefficient (Wildman–Crippen LogP) is 3.75. The second-order valence-electron chi connectivity index (χ2n) is 4.30. The molecule has 2 N–H and O–H groups in total. The van der Waals surface area contributed by atoms with Crippen molar-refractivity contribution in [2.75, 3.05) is 6.61 Å². The van der Waals surface area contributed by atoms with Crippen molar-refractivity contribution < 1.29 is 17.9 Å². The molecule has 0 bridgehead atoms. The van der Waals surface area contributed by atoms with Gasteiger partial charge in [0.05, 0.1) is 0 Å². The van der Waals surface area contributed by atoms with Gasteiger partial charge in [-0.2, -0.15) is 13.2 Å². The van der Waals surface area contributed by atoms with Gasteiger partial charge in [0.2, 0.25) is 0 Å². The van der Waals surface area contributed by atoms with Crippen molar-refractivity contribution >= 4 is 0 Å². The van der Waals surface area contributed by atoms with E-state index in [1.807, 2.05) is 30.3 Å². The quantitative estimate of drug-likeness (QED) is 0.926. The number of halogens is 3. The maximum Gasteiger partial charge on any atom is 0.422 e. The number of ether oxygens (including phenoxy) is 1. The smallest absolute Gasteiger partial charge is 0.422 e. The summed E-state index contributed by atoms with van der Waals surface area (Å²) in [4.78, 5) is 0. The SMILES string of the molecule is NCc1cc(-c2ccccc2)ccc1OCC(F)(F)F. The molecule has 2 aromatic rings. The van der Waals surface area contributed by atoms with Gasteiger partial charge in [0.25, 0.3) is 0 Å². The second kappa shape index (κ2) is 5.96. The molecule has 0 aliphatic heterocycles. The number of rotatable bonds is 4. The Morgan fingerprint density at radius 1 is 0.950 bits per heavy atom. The highest BCUT2D eigenvalue weighted by Crippen LogP contribution is 2.27. The van der Waals surface area contributed by atoms with Gasteiger partial charge in [-0.3, -0.25) is 0 Å². The molecule has 2 nitrogen and oxygen atoms in total. The molecule has 0 fully saturated rings. The molecule has 0 saturated carbocycles. The Morgan fingerprint density at radius 3 is 2.25 bits per heavy atom. The second-order valence-corrected chi connectivity index (χ2v) is 4.30. The molecule has 0 unspecified atom stereocenters. The molecule has 2 rings (SSSR count). The maximum atomic E-state index is 12.2.